The lowest BCUT2D eigenvalue weighted by atomic mass is 10.3. The highest BCUT2D eigenvalue weighted by Gasteiger charge is 2.01. The van der Waals surface area contributed by atoms with Gasteiger partial charge in [0.15, 0.2) is 0 Å². The molecular formula is C6H8N2O2S. The van der Waals surface area contributed by atoms with Crippen LogP contribution in [0.5, 0.6) is 0 Å². The first-order valence-corrected chi connectivity index (χ1v) is 3.64. The molecule has 1 aromatic heterocycles. The van der Waals surface area contributed by atoms with Gasteiger partial charge in [-0.2, -0.15) is 0 Å². The molecule has 0 aliphatic heterocycles. The highest BCUT2D eigenvalue weighted by Crippen LogP contribution is 2.01. The van der Waals surface area contributed by atoms with Crippen molar-refractivity contribution < 1.29 is 0 Å². The van der Waals surface area contributed by atoms with Crippen molar-refractivity contribution in [3.63, 3.8) is 0 Å². The van der Waals surface area contributed by atoms with Crippen LogP contribution in [-0.2, 0) is 6.42 Å². The monoisotopic (exact) mass is 172 g/mol. The van der Waals surface area contributed by atoms with E-state index in [1.165, 1.54) is 0 Å². The Morgan fingerprint density at radius 1 is 1.36 bits per heavy atom. The third kappa shape index (κ3) is 1.54. The zero-order chi connectivity index (χ0) is 8.43. The van der Waals surface area contributed by atoms with Crippen molar-refractivity contribution in [3.05, 3.63) is 26.4 Å². The van der Waals surface area contributed by atoms with E-state index in [4.69, 9.17) is 0 Å². The number of thiol groups is 1. The van der Waals surface area contributed by atoms with Gasteiger partial charge in [0.1, 0.15) is 0 Å². The van der Waals surface area contributed by atoms with Crippen LogP contribution < -0.4 is 11.2 Å². The van der Waals surface area contributed by atoms with Gasteiger partial charge in [0.2, 0.25) is 0 Å². The van der Waals surface area contributed by atoms with Crippen molar-refractivity contribution in [2.45, 2.75) is 18.4 Å². The maximum absolute atomic E-state index is 11.0. The molecule has 0 spiro atoms. The minimum absolute atomic E-state index is 0.348. The van der Waals surface area contributed by atoms with Crippen LogP contribution in [0.25, 0.3) is 0 Å². The van der Waals surface area contributed by atoms with Crippen molar-refractivity contribution in [1.82, 2.24) is 9.97 Å². The summed E-state index contributed by atoms with van der Waals surface area (Å²) in [5.41, 5.74) is -0.369. The molecule has 1 aromatic rings. The summed E-state index contributed by atoms with van der Waals surface area (Å²) in [7, 11) is 0. The van der Waals surface area contributed by atoms with Crippen LogP contribution in [0.1, 0.15) is 12.5 Å². The lowest BCUT2D eigenvalue weighted by Crippen LogP contribution is -2.25. The molecule has 0 saturated carbocycles. The van der Waals surface area contributed by atoms with Gasteiger partial charge in [-0.25, -0.2) is 4.79 Å². The third-order valence-corrected chi connectivity index (χ3v) is 1.75. The minimum Gasteiger partial charge on any atom is -0.302 e. The molecule has 60 valence electrons. The van der Waals surface area contributed by atoms with Crippen molar-refractivity contribution in [2.75, 3.05) is 0 Å². The summed E-state index contributed by atoms with van der Waals surface area (Å²) in [6.07, 6.45) is 0.560. The molecule has 0 aliphatic carbocycles. The zero-order valence-electron chi connectivity index (χ0n) is 5.97. The first-order chi connectivity index (χ1) is 5.15. The fourth-order valence-electron chi connectivity index (χ4n) is 0.828. The first kappa shape index (κ1) is 8.13. The third-order valence-electron chi connectivity index (χ3n) is 1.37. The molecule has 0 amide bonds. The Hall–Kier alpha value is -0.970. The average molecular weight is 172 g/mol. The van der Waals surface area contributed by atoms with Gasteiger partial charge in [-0.1, -0.05) is 6.92 Å². The Kier molecular flexibility index (Phi) is 2.19. The molecule has 0 fully saturated rings. The Balaban J connectivity index is 3.49. The molecule has 0 aliphatic rings. The summed E-state index contributed by atoms with van der Waals surface area (Å²) in [5.74, 6) is 0. The van der Waals surface area contributed by atoms with E-state index in [0.29, 0.717) is 17.0 Å². The maximum Gasteiger partial charge on any atom is 0.326 e. The highest BCUT2D eigenvalue weighted by molar-refractivity contribution is 7.80. The summed E-state index contributed by atoms with van der Waals surface area (Å²) < 4.78 is 0. The number of hydrogen-bond acceptors (Lipinski definition) is 3. The largest absolute Gasteiger partial charge is 0.326 e. The fraction of sp³-hybridized carbons (Fsp3) is 0.333. The number of rotatable bonds is 1. The van der Waals surface area contributed by atoms with Crippen LogP contribution in [0, 0.1) is 0 Å². The Morgan fingerprint density at radius 3 is 2.45 bits per heavy atom. The van der Waals surface area contributed by atoms with Gasteiger partial charge in [-0.3, -0.25) is 9.78 Å². The number of aromatic amines is 2. The number of H-pyrrole nitrogens is 2. The molecule has 1 rings (SSSR count). The zero-order valence-corrected chi connectivity index (χ0v) is 6.87. The summed E-state index contributed by atoms with van der Waals surface area (Å²) >= 11 is 3.94. The summed E-state index contributed by atoms with van der Waals surface area (Å²) in [5, 5.41) is 0.348. The minimum atomic E-state index is -0.516. The second-order valence-electron chi connectivity index (χ2n) is 2.09. The molecule has 0 atom stereocenters. The first-order valence-electron chi connectivity index (χ1n) is 3.19. The van der Waals surface area contributed by atoms with Gasteiger partial charge in [-0.15, -0.1) is 12.6 Å². The molecule has 0 bridgehead atoms. The van der Waals surface area contributed by atoms with Gasteiger partial charge in [0, 0.05) is 5.56 Å². The van der Waals surface area contributed by atoms with Crippen LogP contribution in [-0.4, -0.2) is 9.97 Å². The van der Waals surface area contributed by atoms with Crippen molar-refractivity contribution >= 4 is 12.6 Å². The van der Waals surface area contributed by atoms with E-state index in [-0.39, 0.29) is 5.56 Å². The number of nitrogens with one attached hydrogen (secondary N) is 2. The molecule has 2 N–H and O–H groups in total. The van der Waals surface area contributed by atoms with E-state index >= 15 is 0 Å². The lowest BCUT2D eigenvalue weighted by Gasteiger charge is -1.96. The van der Waals surface area contributed by atoms with Gasteiger partial charge >= 0.3 is 5.69 Å². The average Bonchev–Trinajstić information content (AvgIpc) is 1.85. The summed E-state index contributed by atoms with van der Waals surface area (Å²) in [6.45, 7) is 1.82. The molecule has 1 heterocycles. The van der Waals surface area contributed by atoms with Gasteiger partial charge in [-0.05, 0) is 6.42 Å². The van der Waals surface area contributed by atoms with Crippen LogP contribution >= 0.6 is 12.6 Å². The van der Waals surface area contributed by atoms with Crippen molar-refractivity contribution in [2.24, 2.45) is 0 Å². The molecule has 0 saturated heterocycles. The molecule has 4 nitrogen and oxygen atoms in total. The van der Waals surface area contributed by atoms with Crippen LogP contribution in [0.15, 0.2) is 14.6 Å². The Bertz CT molecular complexity index is 366. The van der Waals surface area contributed by atoms with Crippen molar-refractivity contribution in [1.29, 1.82) is 0 Å². The summed E-state index contributed by atoms with van der Waals surface area (Å²) in [6, 6.07) is 0. The Labute approximate surface area is 68.1 Å². The summed E-state index contributed by atoms with van der Waals surface area (Å²) in [4.78, 5) is 26.1. The lowest BCUT2D eigenvalue weighted by molar-refractivity contribution is 0.878. The standard InChI is InChI=1S/C6H8N2O2S/c1-2-3-4(9)7-6(10)8-5(3)11/h2H2,1H3,(H3,7,8,9,10,11). The SMILES string of the molecule is CCc1c(S)[nH]c(=O)[nH]c1=O. The van der Waals surface area contributed by atoms with E-state index in [9.17, 15) is 9.59 Å². The Morgan fingerprint density at radius 2 is 2.00 bits per heavy atom. The maximum atomic E-state index is 11.0. The van der Waals surface area contributed by atoms with E-state index < -0.39 is 5.69 Å². The van der Waals surface area contributed by atoms with Crippen molar-refractivity contribution in [3.8, 4) is 0 Å². The fourth-order valence-corrected chi connectivity index (χ4v) is 1.19. The normalized spacial score (nSPS) is 10.0. The molecular weight excluding hydrogens is 164 g/mol. The smallest absolute Gasteiger partial charge is 0.302 e. The van der Waals surface area contributed by atoms with E-state index in [1.807, 2.05) is 6.92 Å². The molecule has 0 radical (unpaired) electrons. The predicted octanol–water partition coefficient (Wildman–Crippen LogP) is -0.0857. The molecule has 11 heavy (non-hydrogen) atoms. The molecule has 0 unspecified atom stereocenters. The van der Waals surface area contributed by atoms with Crippen LogP contribution in [0.3, 0.4) is 0 Å². The van der Waals surface area contributed by atoms with Gasteiger partial charge in [0.25, 0.3) is 5.56 Å². The highest BCUT2D eigenvalue weighted by atomic mass is 32.1. The molecule has 0 aromatic carbocycles. The van der Waals surface area contributed by atoms with E-state index in [1.54, 1.807) is 0 Å². The predicted molar refractivity (Wildman–Crippen MR) is 44.3 cm³/mol. The van der Waals surface area contributed by atoms with Gasteiger partial charge < -0.3 is 4.98 Å². The van der Waals surface area contributed by atoms with Gasteiger partial charge in [0.05, 0.1) is 5.03 Å². The quantitative estimate of drug-likeness (QED) is 0.409. The topological polar surface area (TPSA) is 65.7 Å². The second kappa shape index (κ2) is 2.96. The molecule has 5 heteroatoms. The number of aromatic nitrogens is 2. The van der Waals surface area contributed by atoms with E-state index in [0.717, 1.165) is 0 Å². The van der Waals surface area contributed by atoms with Crippen LogP contribution in [0.2, 0.25) is 0 Å². The second-order valence-corrected chi connectivity index (χ2v) is 2.54. The van der Waals surface area contributed by atoms with E-state index in [2.05, 4.69) is 22.6 Å². The number of hydrogen-bond donors (Lipinski definition) is 3. The van der Waals surface area contributed by atoms with Crippen LogP contribution in [0.4, 0.5) is 0 Å².